The number of benzene rings is 1. The molecule has 0 aliphatic carbocycles. The zero-order chi connectivity index (χ0) is 13.5. The molecule has 1 aromatic carbocycles. The van der Waals surface area contributed by atoms with Gasteiger partial charge in [0.1, 0.15) is 0 Å². The van der Waals surface area contributed by atoms with Gasteiger partial charge in [-0.25, -0.2) is 0 Å². The molecule has 0 amide bonds. The Morgan fingerprint density at radius 3 is 2.79 bits per heavy atom. The van der Waals surface area contributed by atoms with Gasteiger partial charge in [0.05, 0.1) is 0 Å². The molecule has 0 bridgehead atoms. The monoisotopic (exact) mass is 280 g/mol. The van der Waals surface area contributed by atoms with Crippen LogP contribution in [0.4, 0.5) is 0 Å². The lowest BCUT2D eigenvalue weighted by Crippen LogP contribution is -2.30. The number of hydrogen-bond acceptors (Lipinski definition) is 2. The van der Waals surface area contributed by atoms with Gasteiger partial charge in [-0.1, -0.05) is 23.7 Å². The van der Waals surface area contributed by atoms with E-state index in [1.54, 1.807) is 0 Å². The molecule has 3 heteroatoms. The Morgan fingerprint density at radius 2 is 2.11 bits per heavy atom. The van der Waals surface area contributed by atoms with Gasteiger partial charge in [-0.05, 0) is 76.0 Å². The highest BCUT2D eigenvalue weighted by molar-refractivity contribution is 6.30. The average molecular weight is 281 g/mol. The van der Waals surface area contributed by atoms with Gasteiger partial charge in [0.15, 0.2) is 0 Å². The molecule has 0 spiro atoms. The van der Waals surface area contributed by atoms with E-state index in [1.807, 2.05) is 12.1 Å². The van der Waals surface area contributed by atoms with Crippen molar-refractivity contribution in [1.29, 1.82) is 0 Å². The Labute approximate surface area is 122 Å². The second kappa shape index (κ2) is 7.88. The van der Waals surface area contributed by atoms with E-state index < -0.39 is 0 Å². The number of halogens is 1. The Balaban J connectivity index is 1.63. The molecule has 1 fully saturated rings. The summed E-state index contributed by atoms with van der Waals surface area (Å²) in [4.78, 5) is 2.40. The molecule has 1 aliphatic heterocycles. The van der Waals surface area contributed by atoms with Crippen LogP contribution in [-0.2, 0) is 6.54 Å². The van der Waals surface area contributed by atoms with E-state index in [1.165, 1.54) is 50.9 Å². The SMILES string of the molecule is CN(CCCC1CCCNC1)Cc1ccc(Cl)cc1. The number of nitrogens with zero attached hydrogens (tertiary/aromatic N) is 1. The molecule has 0 aromatic heterocycles. The second-order valence-corrected chi connectivity index (χ2v) is 6.16. The van der Waals surface area contributed by atoms with E-state index in [4.69, 9.17) is 11.6 Å². The van der Waals surface area contributed by atoms with Gasteiger partial charge in [0.2, 0.25) is 0 Å². The first-order valence-electron chi connectivity index (χ1n) is 7.38. The smallest absolute Gasteiger partial charge is 0.0406 e. The van der Waals surface area contributed by atoms with Crippen molar-refractivity contribution in [2.45, 2.75) is 32.2 Å². The zero-order valence-electron chi connectivity index (χ0n) is 11.9. The number of rotatable bonds is 6. The Bertz CT molecular complexity index is 358. The van der Waals surface area contributed by atoms with Crippen molar-refractivity contribution in [3.05, 3.63) is 34.9 Å². The van der Waals surface area contributed by atoms with Crippen molar-refractivity contribution in [1.82, 2.24) is 10.2 Å². The molecule has 1 saturated heterocycles. The fourth-order valence-electron chi connectivity index (χ4n) is 2.80. The van der Waals surface area contributed by atoms with Crippen LogP contribution in [0.5, 0.6) is 0 Å². The van der Waals surface area contributed by atoms with E-state index >= 15 is 0 Å². The molecule has 1 unspecified atom stereocenters. The van der Waals surface area contributed by atoms with Crippen molar-refractivity contribution in [2.75, 3.05) is 26.7 Å². The summed E-state index contributed by atoms with van der Waals surface area (Å²) in [6, 6.07) is 8.17. The Kier molecular flexibility index (Phi) is 6.15. The van der Waals surface area contributed by atoms with Gasteiger partial charge in [-0.15, -0.1) is 0 Å². The van der Waals surface area contributed by atoms with Crippen LogP contribution in [-0.4, -0.2) is 31.6 Å². The van der Waals surface area contributed by atoms with Crippen LogP contribution in [0.1, 0.15) is 31.2 Å². The van der Waals surface area contributed by atoms with E-state index in [2.05, 4.69) is 29.4 Å². The van der Waals surface area contributed by atoms with Gasteiger partial charge in [-0.2, -0.15) is 0 Å². The fourth-order valence-corrected chi connectivity index (χ4v) is 2.93. The lowest BCUT2D eigenvalue weighted by molar-refractivity contribution is 0.287. The van der Waals surface area contributed by atoms with Gasteiger partial charge in [-0.3, -0.25) is 0 Å². The highest BCUT2D eigenvalue weighted by Crippen LogP contribution is 2.16. The first-order chi connectivity index (χ1) is 9.24. The first kappa shape index (κ1) is 14.8. The summed E-state index contributed by atoms with van der Waals surface area (Å²) < 4.78 is 0. The van der Waals surface area contributed by atoms with Crippen LogP contribution in [0, 0.1) is 5.92 Å². The molecule has 0 saturated carbocycles. The quantitative estimate of drug-likeness (QED) is 0.857. The Morgan fingerprint density at radius 1 is 1.32 bits per heavy atom. The molecule has 1 aliphatic rings. The summed E-state index contributed by atoms with van der Waals surface area (Å²) in [7, 11) is 2.20. The van der Waals surface area contributed by atoms with Crippen LogP contribution >= 0.6 is 11.6 Å². The molecular weight excluding hydrogens is 256 g/mol. The molecule has 1 N–H and O–H groups in total. The van der Waals surface area contributed by atoms with Crippen molar-refractivity contribution in [3.8, 4) is 0 Å². The van der Waals surface area contributed by atoms with E-state index in [-0.39, 0.29) is 0 Å². The molecule has 1 heterocycles. The van der Waals surface area contributed by atoms with Crippen LogP contribution < -0.4 is 5.32 Å². The molecule has 106 valence electrons. The topological polar surface area (TPSA) is 15.3 Å². The maximum atomic E-state index is 5.90. The first-order valence-corrected chi connectivity index (χ1v) is 7.75. The third kappa shape index (κ3) is 5.52. The van der Waals surface area contributed by atoms with Crippen molar-refractivity contribution >= 4 is 11.6 Å². The van der Waals surface area contributed by atoms with E-state index in [0.717, 1.165) is 17.5 Å². The number of hydrogen-bond donors (Lipinski definition) is 1. The average Bonchev–Trinajstić information content (AvgIpc) is 2.43. The largest absolute Gasteiger partial charge is 0.316 e. The number of nitrogens with one attached hydrogen (secondary N) is 1. The van der Waals surface area contributed by atoms with Crippen molar-refractivity contribution in [2.24, 2.45) is 5.92 Å². The fraction of sp³-hybridized carbons (Fsp3) is 0.625. The summed E-state index contributed by atoms with van der Waals surface area (Å²) in [6.45, 7) is 4.63. The van der Waals surface area contributed by atoms with Gasteiger partial charge in [0.25, 0.3) is 0 Å². The maximum Gasteiger partial charge on any atom is 0.0406 e. The highest BCUT2D eigenvalue weighted by atomic mass is 35.5. The van der Waals surface area contributed by atoms with Gasteiger partial charge < -0.3 is 10.2 Å². The van der Waals surface area contributed by atoms with E-state index in [9.17, 15) is 0 Å². The molecule has 0 radical (unpaired) electrons. The highest BCUT2D eigenvalue weighted by Gasteiger charge is 2.12. The summed E-state index contributed by atoms with van der Waals surface area (Å²) in [6.07, 6.45) is 5.42. The Hall–Kier alpha value is -0.570. The predicted molar refractivity (Wildman–Crippen MR) is 82.6 cm³/mol. The lowest BCUT2D eigenvalue weighted by Gasteiger charge is -2.24. The van der Waals surface area contributed by atoms with Crippen LogP contribution in [0.25, 0.3) is 0 Å². The molecule has 2 nitrogen and oxygen atoms in total. The maximum absolute atomic E-state index is 5.90. The van der Waals surface area contributed by atoms with E-state index in [0.29, 0.717) is 0 Å². The van der Waals surface area contributed by atoms with Crippen LogP contribution in [0.3, 0.4) is 0 Å². The summed E-state index contributed by atoms with van der Waals surface area (Å²) >= 11 is 5.90. The van der Waals surface area contributed by atoms with Gasteiger partial charge >= 0.3 is 0 Å². The van der Waals surface area contributed by atoms with Crippen LogP contribution in [0.2, 0.25) is 5.02 Å². The second-order valence-electron chi connectivity index (χ2n) is 5.72. The molecule has 19 heavy (non-hydrogen) atoms. The third-order valence-electron chi connectivity index (χ3n) is 3.92. The minimum atomic E-state index is 0.816. The van der Waals surface area contributed by atoms with Gasteiger partial charge in [0, 0.05) is 11.6 Å². The lowest BCUT2D eigenvalue weighted by atomic mass is 9.95. The summed E-state index contributed by atoms with van der Waals surface area (Å²) in [5.74, 6) is 0.901. The molecule has 1 atom stereocenters. The standard InChI is InChI=1S/C16H25ClN2/c1-19(13-15-6-8-16(17)9-7-15)11-3-5-14-4-2-10-18-12-14/h6-9,14,18H,2-5,10-13H2,1H3. The van der Waals surface area contributed by atoms with Crippen LogP contribution in [0.15, 0.2) is 24.3 Å². The minimum absolute atomic E-state index is 0.816. The normalized spacial score (nSPS) is 19.8. The summed E-state index contributed by atoms with van der Waals surface area (Å²) in [5.41, 5.74) is 1.34. The molecular formula is C16H25ClN2. The predicted octanol–water partition coefficient (Wildman–Crippen LogP) is 3.55. The minimum Gasteiger partial charge on any atom is -0.316 e. The third-order valence-corrected chi connectivity index (χ3v) is 4.17. The summed E-state index contributed by atoms with van der Waals surface area (Å²) in [5, 5.41) is 4.31. The molecule has 1 aromatic rings. The van der Waals surface area contributed by atoms with Crippen molar-refractivity contribution < 1.29 is 0 Å². The van der Waals surface area contributed by atoms with Crippen molar-refractivity contribution in [3.63, 3.8) is 0 Å². The number of piperidine rings is 1. The molecule has 2 rings (SSSR count). The zero-order valence-corrected chi connectivity index (χ0v) is 12.6.